The minimum absolute atomic E-state index is 0.157. The molecule has 0 fully saturated rings. The van der Waals surface area contributed by atoms with Crippen molar-refractivity contribution in [2.75, 3.05) is 6.61 Å². The highest BCUT2D eigenvalue weighted by atomic mass is 19.4. The smallest absolute Gasteiger partial charge is 0.416 e. The van der Waals surface area contributed by atoms with Crippen LogP contribution in [0.25, 0.3) is 0 Å². The van der Waals surface area contributed by atoms with E-state index in [-0.39, 0.29) is 12.2 Å². The van der Waals surface area contributed by atoms with Gasteiger partial charge >= 0.3 is 12.1 Å². The van der Waals surface area contributed by atoms with E-state index in [2.05, 4.69) is 12.2 Å². The first kappa shape index (κ1) is 22.0. The Morgan fingerprint density at radius 3 is 2.42 bits per heavy atom. The molecule has 0 radical (unpaired) electrons. The summed E-state index contributed by atoms with van der Waals surface area (Å²) in [6, 6.07) is 3.12. The van der Waals surface area contributed by atoms with E-state index in [4.69, 9.17) is 4.74 Å². The predicted octanol–water partition coefficient (Wildman–Crippen LogP) is 4.73. The Balaban J connectivity index is 2.40. The normalized spacial score (nSPS) is 12.5. The molecule has 0 aliphatic carbocycles. The van der Waals surface area contributed by atoms with Crippen LogP contribution in [0.3, 0.4) is 0 Å². The van der Waals surface area contributed by atoms with Crippen molar-refractivity contribution in [1.29, 1.82) is 0 Å². The van der Waals surface area contributed by atoms with Gasteiger partial charge in [0.05, 0.1) is 12.2 Å². The highest BCUT2D eigenvalue weighted by Gasteiger charge is 2.31. The van der Waals surface area contributed by atoms with Crippen molar-refractivity contribution in [3.63, 3.8) is 0 Å². The number of halogens is 3. The molecule has 1 N–H and O–H groups in total. The Hall–Kier alpha value is -2.05. The second-order valence-corrected chi connectivity index (χ2v) is 6.21. The number of alkyl halides is 3. The fraction of sp³-hybridized carbons (Fsp3) is 0.579. The fourth-order valence-electron chi connectivity index (χ4n) is 2.36. The summed E-state index contributed by atoms with van der Waals surface area (Å²) in [6.07, 6.45) is 1.80. The Morgan fingerprint density at radius 1 is 1.12 bits per heavy atom. The first-order valence-electron chi connectivity index (χ1n) is 8.90. The Morgan fingerprint density at radius 2 is 1.77 bits per heavy atom. The molecule has 1 rings (SSSR count). The molecule has 7 heteroatoms. The summed E-state index contributed by atoms with van der Waals surface area (Å²) in [4.78, 5) is 23.9. The van der Waals surface area contributed by atoms with E-state index in [0.29, 0.717) is 0 Å². The first-order valence-corrected chi connectivity index (χ1v) is 8.90. The van der Waals surface area contributed by atoms with E-state index in [1.165, 1.54) is 19.4 Å². The van der Waals surface area contributed by atoms with Crippen LogP contribution in [0.2, 0.25) is 0 Å². The van der Waals surface area contributed by atoms with Gasteiger partial charge in [0.15, 0.2) is 0 Å². The highest BCUT2D eigenvalue weighted by Crippen LogP contribution is 2.29. The van der Waals surface area contributed by atoms with E-state index in [1.54, 1.807) is 0 Å². The fourth-order valence-corrected chi connectivity index (χ4v) is 2.36. The van der Waals surface area contributed by atoms with Crippen LogP contribution in [0.4, 0.5) is 13.2 Å². The molecule has 0 saturated carbocycles. The molecule has 1 aromatic carbocycles. The zero-order valence-electron chi connectivity index (χ0n) is 15.2. The molecule has 146 valence electrons. The number of ether oxygens (including phenoxy) is 1. The SMILES string of the molecule is CCCCCCCCOC(=O)C(C)NC(=O)c1cccc(C(F)(F)F)c1. The summed E-state index contributed by atoms with van der Waals surface area (Å²) >= 11 is 0. The summed E-state index contributed by atoms with van der Waals surface area (Å²) in [5, 5.41) is 2.36. The summed E-state index contributed by atoms with van der Waals surface area (Å²) in [5.41, 5.74) is -1.07. The zero-order valence-corrected chi connectivity index (χ0v) is 15.2. The second kappa shape index (κ2) is 10.8. The molecule has 0 bridgehead atoms. The molecule has 26 heavy (non-hydrogen) atoms. The number of hydrogen-bond acceptors (Lipinski definition) is 3. The topological polar surface area (TPSA) is 55.4 Å². The predicted molar refractivity (Wildman–Crippen MR) is 92.7 cm³/mol. The van der Waals surface area contributed by atoms with Crippen molar-refractivity contribution in [2.45, 2.75) is 64.6 Å². The van der Waals surface area contributed by atoms with Crippen LogP contribution in [-0.4, -0.2) is 24.5 Å². The van der Waals surface area contributed by atoms with Gasteiger partial charge in [0.1, 0.15) is 6.04 Å². The lowest BCUT2D eigenvalue weighted by molar-refractivity contribution is -0.145. The van der Waals surface area contributed by atoms with Crippen LogP contribution < -0.4 is 5.32 Å². The molecule has 0 aliphatic heterocycles. The largest absolute Gasteiger partial charge is 0.464 e. The molecule has 0 aromatic heterocycles. The average molecular weight is 373 g/mol. The molecular formula is C19H26F3NO3. The van der Waals surface area contributed by atoms with Gasteiger partial charge in [0.25, 0.3) is 5.91 Å². The van der Waals surface area contributed by atoms with E-state index >= 15 is 0 Å². The highest BCUT2D eigenvalue weighted by molar-refractivity contribution is 5.96. The van der Waals surface area contributed by atoms with Crippen LogP contribution in [0.5, 0.6) is 0 Å². The molecular weight excluding hydrogens is 347 g/mol. The van der Waals surface area contributed by atoms with Gasteiger partial charge in [-0.15, -0.1) is 0 Å². The second-order valence-electron chi connectivity index (χ2n) is 6.21. The Labute approximate surface area is 152 Å². The molecule has 1 unspecified atom stereocenters. The van der Waals surface area contributed by atoms with Gasteiger partial charge in [0, 0.05) is 5.56 Å². The molecule has 0 saturated heterocycles. The van der Waals surface area contributed by atoms with Gasteiger partial charge in [-0.2, -0.15) is 13.2 Å². The number of carbonyl (C=O) groups is 2. The van der Waals surface area contributed by atoms with Crippen LogP contribution >= 0.6 is 0 Å². The molecule has 0 aliphatic rings. The molecule has 1 atom stereocenters. The molecule has 0 heterocycles. The molecule has 0 spiro atoms. The van der Waals surface area contributed by atoms with E-state index in [9.17, 15) is 22.8 Å². The van der Waals surface area contributed by atoms with E-state index in [1.807, 2.05) is 0 Å². The third kappa shape index (κ3) is 7.89. The number of carbonyl (C=O) groups excluding carboxylic acids is 2. The van der Waals surface area contributed by atoms with Crippen molar-refractivity contribution >= 4 is 11.9 Å². The van der Waals surface area contributed by atoms with Gasteiger partial charge in [-0.3, -0.25) is 4.79 Å². The minimum atomic E-state index is -4.53. The lowest BCUT2D eigenvalue weighted by Crippen LogP contribution is -2.39. The Kier molecular flexibility index (Phi) is 9.16. The van der Waals surface area contributed by atoms with Crippen LogP contribution in [-0.2, 0) is 15.7 Å². The summed E-state index contributed by atoms with van der Waals surface area (Å²) in [7, 11) is 0. The zero-order chi connectivity index (χ0) is 19.6. The number of rotatable bonds is 10. The van der Waals surface area contributed by atoms with E-state index < -0.39 is 29.7 Å². The van der Waals surface area contributed by atoms with Crippen LogP contribution in [0.1, 0.15) is 68.3 Å². The van der Waals surface area contributed by atoms with Crippen LogP contribution in [0.15, 0.2) is 24.3 Å². The van der Waals surface area contributed by atoms with Crippen molar-refractivity contribution in [2.24, 2.45) is 0 Å². The maximum Gasteiger partial charge on any atom is 0.416 e. The molecule has 1 amide bonds. The number of benzene rings is 1. The van der Waals surface area contributed by atoms with Crippen LogP contribution in [0, 0.1) is 0 Å². The van der Waals surface area contributed by atoms with Gasteiger partial charge in [-0.25, -0.2) is 4.79 Å². The first-order chi connectivity index (χ1) is 12.3. The number of hydrogen-bond donors (Lipinski definition) is 1. The number of amides is 1. The summed E-state index contributed by atoms with van der Waals surface area (Å²) in [6.45, 7) is 3.85. The quantitative estimate of drug-likeness (QED) is 0.477. The summed E-state index contributed by atoms with van der Waals surface area (Å²) < 4.78 is 43.2. The van der Waals surface area contributed by atoms with Gasteiger partial charge in [0.2, 0.25) is 0 Å². The average Bonchev–Trinajstić information content (AvgIpc) is 2.60. The third-order valence-corrected chi connectivity index (χ3v) is 3.90. The Bertz CT molecular complexity index is 588. The molecule has 1 aromatic rings. The molecule has 4 nitrogen and oxygen atoms in total. The number of nitrogens with one attached hydrogen (secondary N) is 1. The monoisotopic (exact) mass is 373 g/mol. The number of unbranched alkanes of at least 4 members (excludes halogenated alkanes) is 5. The summed E-state index contributed by atoms with van der Waals surface area (Å²) in [5.74, 6) is -1.35. The standard InChI is InChI=1S/C19H26F3NO3/c1-3-4-5-6-7-8-12-26-18(25)14(2)23-17(24)15-10-9-11-16(13-15)19(20,21)22/h9-11,13-14H,3-8,12H2,1-2H3,(H,23,24). The number of esters is 1. The van der Waals surface area contributed by atoms with Crippen molar-refractivity contribution in [3.05, 3.63) is 35.4 Å². The van der Waals surface area contributed by atoms with Gasteiger partial charge in [-0.05, 0) is 31.5 Å². The van der Waals surface area contributed by atoms with E-state index in [0.717, 1.165) is 50.3 Å². The van der Waals surface area contributed by atoms with Crippen molar-refractivity contribution < 1.29 is 27.5 Å². The lowest BCUT2D eigenvalue weighted by atomic mass is 10.1. The lowest BCUT2D eigenvalue weighted by Gasteiger charge is -2.14. The third-order valence-electron chi connectivity index (χ3n) is 3.90. The minimum Gasteiger partial charge on any atom is -0.464 e. The van der Waals surface area contributed by atoms with Crippen molar-refractivity contribution in [3.8, 4) is 0 Å². The van der Waals surface area contributed by atoms with Gasteiger partial charge < -0.3 is 10.1 Å². The maximum absolute atomic E-state index is 12.7. The van der Waals surface area contributed by atoms with Crippen molar-refractivity contribution in [1.82, 2.24) is 5.32 Å². The van der Waals surface area contributed by atoms with Gasteiger partial charge in [-0.1, -0.05) is 45.1 Å². The maximum atomic E-state index is 12.7.